The molecule has 1 aromatic carbocycles. The molecule has 0 aliphatic heterocycles. The smallest absolute Gasteiger partial charge is 0.407 e. The fourth-order valence-corrected chi connectivity index (χ4v) is 4.97. The molecule has 4 rings (SSSR count). The zero-order valence-electron chi connectivity index (χ0n) is 17.9. The molecule has 29 heavy (non-hydrogen) atoms. The summed E-state index contributed by atoms with van der Waals surface area (Å²) < 4.78 is 7.66. The minimum Gasteiger partial charge on any atom is -0.444 e. The molecule has 158 valence electrons. The van der Waals surface area contributed by atoms with Gasteiger partial charge in [0.1, 0.15) is 5.60 Å². The third kappa shape index (κ3) is 4.51. The number of nitrogen functional groups attached to an aromatic ring is 1. The Bertz CT molecular complexity index is 869. The number of imidazole rings is 1. The van der Waals surface area contributed by atoms with Crippen LogP contribution in [-0.2, 0) is 4.74 Å². The van der Waals surface area contributed by atoms with Crippen molar-refractivity contribution in [2.75, 3.05) is 5.73 Å². The fourth-order valence-electron chi connectivity index (χ4n) is 4.97. The molecule has 0 radical (unpaired) electrons. The molecule has 1 heterocycles. The Kier molecular flexibility index (Phi) is 5.45. The summed E-state index contributed by atoms with van der Waals surface area (Å²) in [7, 11) is 0. The summed E-state index contributed by atoms with van der Waals surface area (Å²) in [5, 5.41) is 3.03. The number of carbonyl (C=O) groups is 1. The monoisotopic (exact) mass is 398 g/mol. The van der Waals surface area contributed by atoms with Crippen LogP contribution in [0, 0.1) is 0 Å². The molecule has 0 spiro atoms. The zero-order chi connectivity index (χ0) is 20.6. The van der Waals surface area contributed by atoms with Crippen LogP contribution in [-0.4, -0.2) is 27.3 Å². The van der Waals surface area contributed by atoms with Crippen molar-refractivity contribution in [1.82, 2.24) is 14.9 Å². The van der Waals surface area contributed by atoms with Gasteiger partial charge >= 0.3 is 6.09 Å². The van der Waals surface area contributed by atoms with E-state index in [0.717, 1.165) is 31.2 Å². The van der Waals surface area contributed by atoms with Gasteiger partial charge in [0.25, 0.3) is 0 Å². The van der Waals surface area contributed by atoms with E-state index < -0.39 is 5.60 Å². The maximum atomic E-state index is 12.0. The Hall–Kier alpha value is -2.24. The van der Waals surface area contributed by atoms with Crippen molar-refractivity contribution in [1.29, 1.82) is 0 Å². The fraction of sp³-hybridized carbons (Fsp3) is 0.652. The molecule has 2 aliphatic rings. The van der Waals surface area contributed by atoms with Crippen molar-refractivity contribution in [3.05, 3.63) is 23.8 Å². The molecule has 2 saturated carbocycles. The summed E-state index contributed by atoms with van der Waals surface area (Å²) in [4.78, 5) is 16.6. The van der Waals surface area contributed by atoms with Crippen molar-refractivity contribution < 1.29 is 9.53 Å². The van der Waals surface area contributed by atoms with Crippen LogP contribution in [0.5, 0.6) is 0 Å². The average molecular weight is 399 g/mol. The number of hydrogen-bond donors (Lipinski definition) is 2. The summed E-state index contributed by atoms with van der Waals surface area (Å²) in [6.07, 6.45) is 8.73. The predicted molar refractivity (Wildman–Crippen MR) is 116 cm³/mol. The van der Waals surface area contributed by atoms with Crippen molar-refractivity contribution in [2.24, 2.45) is 0 Å². The van der Waals surface area contributed by atoms with Crippen LogP contribution in [0.25, 0.3) is 11.0 Å². The van der Waals surface area contributed by atoms with Crippen LogP contribution in [0.4, 0.5) is 10.7 Å². The molecule has 2 aliphatic carbocycles. The first-order valence-corrected chi connectivity index (χ1v) is 11.1. The lowest BCUT2D eigenvalue weighted by Crippen LogP contribution is -2.40. The quantitative estimate of drug-likeness (QED) is 0.736. The number of rotatable bonds is 3. The number of nitrogens with zero attached hydrogens (tertiary/aromatic N) is 2. The molecule has 0 atom stereocenters. The summed E-state index contributed by atoms with van der Waals surface area (Å²) in [6, 6.07) is 7.33. The van der Waals surface area contributed by atoms with E-state index in [2.05, 4.69) is 33.1 Å². The second-order valence-corrected chi connectivity index (χ2v) is 9.72. The number of nitrogens with one attached hydrogen (secondary N) is 1. The first kappa shape index (κ1) is 20.0. The van der Waals surface area contributed by atoms with E-state index in [9.17, 15) is 4.79 Å². The van der Waals surface area contributed by atoms with E-state index in [0.29, 0.717) is 17.9 Å². The van der Waals surface area contributed by atoms with Gasteiger partial charge in [0, 0.05) is 12.1 Å². The molecule has 6 nitrogen and oxygen atoms in total. The second-order valence-electron chi connectivity index (χ2n) is 9.72. The molecule has 0 unspecified atom stereocenters. The van der Waals surface area contributed by atoms with Crippen molar-refractivity contribution in [3.8, 4) is 0 Å². The topological polar surface area (TPSA) is 82.2 Å². The van der Waals surface area contributed by atoms with Crippen molar-refractivity contribution in [2.45, 2.75) is 95.7 Å². The predicted octanol–water partition coefficient (Wildman–Crippen LogP) is 5.28. The summed E-state index contributed by atoms with van der Waals surface area (Å²) in [5.74, 6) is 1.17. The number of anilines is 1. The number of aromatic nitrogens is 2. The number of benzene rings is 1. The SMILES string of the molecule is CC(C)(C)OC(=O)NC1CCC(c2ccc3nc(N)n(C4CCCC4)c3c2)CC1. The molecule has 0 saturated heterocycles. The number of alkyl carbamates (subject to hydrolysis) is 1. The van der Waals surface area contributed by atoms with Crippen molar-refractivity contribution in [3.63, 3.8) is 0 Å². The highest BCUT2D eigenvalue weighted by atomic mass is 16.6. The lowest BCUT2D eigenvalue weighted by molar-refractivity contribution is 0.0491. The lowest BCUT2D eigenvalue weighted by atomic mass is 9.81. The average Bonchev–Trinajstić information content (AvgIpc) is 3.26. The van der Waals surface area contributed by atoms with Crippen LogP contribution in [0.2, 0.25) is 0 Å². The van der Waals surface area contributed by atoms with Crippen LogP contribution in [0.3, 0.4) is 0 Å². The number of nitrogens with two attached hydrogens (primary N) is 1. The molecule has 1 amide bonds. The number of ether oxygens (including phenoxy) is 1. The Labute approximate surface area is 173 Å². The van der Waals surface area contributed by atoms with Gasteiger partial charge in [-0.05, 0) is 82.9 Å². The Morgan fingerprint density at radius 2 is 1.83 bits per heavy atom. The van der Waals surface area contributed by atoms with Gasteiger partial charge in [0.2, 0.25) is 5.95 Å². The van der Waals surface area contributed by atoms with Gasteiger partial charge in [-0.3, -0.25) is 0 Å². The van der Waals surface area contributed by atoms with E-state index in [1.54, 1.807) is 0 Å². The summed E-state index contributed by atoms with van der Waals surface area (Å²) in [6.45, 7) is 5.67. The highest BCUT2D eigenvalue weighted by Crippen LogP contribution is 2.38. The summed E-state index contributed by atoms with van der Waals surface area (Å²) >= 11 is 0. The zero-order valence-corrected chi connectivity index (χ0v) is 17.9. The van der Waals surface area contributed by atoms with E-state index >= 15 is 0 Å². The number of amides is 1. The number of hydrogen-bond acceptors (Lipinski definition) is 4. The van der Waals surface area contributed by atoms with Gasteiger partial charge in [0.15, 0.2) is 0 Å². The number of carbonyl (C=O) groups excluding carboxylic acids is 1. The summed E-state index contributed by atoms with van der Waals surface area (Å²) in [5.41, 5.74) is 9.36. The van der Waals surface area contributed by atoms with E-state index in [-0.39, 0.29) is 12.1 Å². The normalized spacial score (nSPS) is 23.4. The van der Waals surface area contributed by atoms with Gasteiger partial charge in [0.05, 0.1) is 11.0 Å². The molecule has 2 fully saturated rings. The van der Waals surface area contributed by atoms with E-state index in [1.807, 2.05) is 20.8 Å². The molecule has 0 bridgehead atoms. The minimum absolute atomic E-state index is 0.199. The molecule has 1 aromatic heterocycles. The Balaban J connectivity index is 1.43. The number of fused-ring (bicyclic) bond motifs is 1. The molecule has 3 N–H and O–H groups in total. The Morgan fingerprint density at radius 1 is 1.14 bits per heavy atom. The van der Waals surface area contributed by atoms with Gasteiger partial charge in [-0.1, -0.05) is 18.9 Å². The van der Waals surface area contributed by atoms with Crippen LogP contribution >= 0.6 is 0 Å². The molecular formula is C23H34N4O2. The van der Waals surface area contributed by atoms with Gasteiger partial charge in [-0.2, -0.15) is 0 Å². The van der Waals surface area contributed by atoms with Gasteiger partial charge in [-0.25, -0.2) is 9.78 Å². The molecular weight excluding hydrogens is 364 g/mol. The molecule has 2 aromatic rings. The second kappa shape index (κ2) is 7.88. The highest BCUT2D eigenvalue weighted by Gasteiger charge is 2.27. The lowest BCUT2D eigenvalue weighted by Gasteiger charge is -2.30. The van der Waals surface area contributed by atoms with Crippen molar-refractivity contribution >= 4 is 23.1 Å². The van der Waals surface area contributed by atoms with Crippen LogP contribution in [0.15, 0.2) is 18.2 Å². The first-order chi connectivity index (χ1) is 13.8. The van der Waals surface area contributed by atoms with Crippen LogP contribution in [0.1, 0.15) is 89.7 Å². The van der Waals surface area contributed by atoms with E-state index in [1.165, 1.54) is 36.8 Å². The third-order valence-corrected chi connectivity index (χ3v) is 6.35. The minimum atomic E-state index is -0.458. The maximum absolute atomic E-state index is 12.0. The van der Waals surface area contributed by atoms with Gasteiger partial charge in [-0.15, -0.1) is 0 Å². The highest BCUT2D eigenvalue weighted by molar-refractivity contribution is 5.79. The largest absolute Gasteiger partial charge is 0.444 e. The van der Waals surface area contributed by atoms with Crippen LogP contribution < -0.4 is 11.1 Å². The van der Waals surface area contributed by atoms with E-state index in [4.69, 9.17) is 10.5 Å². The Morgan fingerprint density at radius 3 is 2.48 bits per heavy atom. The van der Waals surface area contributed by atoms with Gasteiger partial charge < -0.3 is 20.4 Å². The third-order valence-electron chi connectivity index (χ3n) is 6.35. The molecule has 6 heteroatoms. The maximum Gasteiger partial charge on any atom is 0.407 e. The first-order valence-electron chi connectivity index (χ1n) is 11.1. The standard InChI is InChI=1S/C23H34N4O2/c1-23(2,3)29-22(28)25-17-11-8-15(9-12-17)16-10-13-19-20(14-16)27(21(24)26-19)18-6-4-5-7-18/h10,13-15,17-18H,4-9,11-12H2,1-3H3,(H2,24,26)(H,25,28).